The van der Waals surface area contributed by atoms with Crippen molar-refractivity contribution in [3.63, 3.8) is 0 Å². The topological polar surface area (TPSA) is 54.5 Å². The van der Waals surface area contributed by atoms with E-state index in [2.05, 4.69) is 16.8 Å². The van der Waals surface area contributed by atoms with Crippen LogP contribution >= 0.6 is 0 Å². The monoisotopic (exact) mass is 410 g/mol. The number of anilines is 1. The lowest BCUT2D eigenvalue weighted by atomic mass is 9.88. The Morgan fingerprint density at radius 3 is 2.37 bits per heavy atom. The minimum Gasteiger partial charge on any atom is -0.497 e. The third-order valence-corrected chi connectivity index (χ3v) is 6.25. The van der Waals surface area contributed by atoms with Gasteiger partial charge in [0.15, 0.2) is 18.2 Å². The van der Waals surface area contributed by atoms with E-state index in [9.17, 15) is 4.79 Å². The van der Waals surface area contributed by atoms with E-state index in [4.69, 9.17) is 14.2 Å². The first-order valence-electron chi connectivity index (χ1n) is 10.5. The summed E-state index contributed by atoms with van der Waals surface area (Å²) in [7, 11) is 5.37. The number of likely N-dealkylation sites (N-methyl/N-ethyl adjacent to an activating group) is 1. The van der Waals surface area contributed by atoms with Crippen LogP contribution in [0.15, 0.2) is 42.5 Å². The Hall–Kier alpha value is -2.57. The smallest absolute Gasteiger partial charge is 0.172 e. The summed E-state index contributed by atoms with van der Waals surface area (Å²) in [5.74, 6) is 1.98. The highest BCUT2D eigenvalue weighted by Gasteiger charge is 2.47. The second-order valence-electron chi connectivity index (χ2n) is 8.09. The predicted molar refractivity (Wildman–Crippen MR) is 116 cm³/mol. The molecule has 0 N–H and O–H groups in total. The molecule has 2 heterocycles. The summed E-state index contributed by atoms with van der Waals surface area (Å²) < 4.78 is 16.5. The Labute approximate surface area is 178 Å². The number of hydrogen-bond donors (Lipinski definition) is 0. The van der Waals surface area contributed by atoms with E-state index in [-0.39, 0.29) is 24.2 Å². The first kappa shape index (κ1) is 20.7. The fourth-order valence-corrected chi connectivity index (χ4v) is 4.29. The van der Waals surface area contributed by atoms with Crippen LogP contribution in [0.3, 0.4) is 0 Å². The molecule has 4 rings (SSSR count). The zero-order valence-electron chi connectivity index (χ0n) is 18.1. The van der Waals surface area contributed by atoms with Crippen molar-refractivity contribution in [1.82, 2.24) is 4.90 Å². The van der Waals surface area contributed by atoms with Crippen molar-refractivity contribution in [1.29, 1.82) is 0 Å². The number of epoxide rings is 1. The van der Waals surface area contributed by atoms with Crippen LogP contribution in [0.5, 0.6) is 11.5 Å². The SMILES string of the molecule is COc1ccc(N(C)C2OC2N2CCC(C(=O)c3ccc(OC)c(C)c3)CC2)cc1. The minimum atomic E-state index is 0.0508. The summed E-state index contributed by atoms with van der Waals surface area (Å²) in [5.41, 5.74) is 2.88. The van der Waals surface area contributed by atoms with Gasteiger partial charge < -0.3 is 19.1 Å². The lowest BCUT2D eigenvalue weighted by molar-refractivity contribution is 0.0781. The molecule has 2 aromatic rings. The molecule has 2 unspecified atom stereocenters. The number of carbonyl (C=O) groups excluding carboxylic acids is 1. The van der Waals surface area contributed by atoms with E-state index in [1.807, 2.05) is 49.4 Å². The molecular formula is C24H30N2O4. The van der Waals surface area contributed by atoms with Gasteiger partial charge in [0.2, 0.25) is 0 Å². The Bertz CT molecular complexity index is 891. The summed E-state index contributed by atoms with van der Waals surface area (Å²) in [6.07, 6.45) is 1.87. The molecule has 2 saturated heterocycles. The number of hydrogen-bond acceptors (Lipinski definition) is 6. The highest BCUT2D eigenvalue weighted by molar-refractivity contribution is 5.98. The van der Waals surface area contributed by atoms with Crippen molar-refractivity contribution in [2.75, 3.05) is 39.3 Å². The zero-order chi connectivity index (χ0) is 21.3. The summed E-state index contributed by atoms with van der Waals surface area (Å²) in [4.78, 5) is 17.5. The fraction of sp³-hybridized carbons (Fsp3) is 0.458. The van der Waals surface area contributed by atoms with Gasteiger partial charge >= 0.3 is 0 Å². The first-order chi connectivity index (χ1) is 14.5. The van der Waals surface area contributed by atoms with Crippen molar-refractivity contribution < 1.29 is 19.0 Å². The molecule has 0 bridgehead atoms. The van der Waals surface area contributed by atoms with Crippen molar-refractivity contribution in [3.05, 3.63) is 53.6 Å². The van der Waals surface area contributed by atoms with E-state index in [1.165, 1.54) is 0 Å². The molecule has 0 aromatic heterocycles. The number of benzene rings is 2. The highest BCUT2D eigenvalue weighted by Crippen LogP contribution is 2.35. The van der Waals surface area contributed by atoms with Crippen LogP contribution in [0, 0.1) is 12.8 Å². The number of methoxy groups -OCH3 is 2. The van der Waals surface area contributed by atoms with Crippen LogP contribution in [0.1, 0.15) is 28.8 Å². The molecule has 2 aromatic carbocycles. The minimum absolute atomic E-state index is 0.0508. The normalized spacial score (nSPS) is 21.9. The van der Waals surface area contributed by atoms with Gasteiger partial charge in [0.1, 0.15) is 11.5 Å². The van der Waals surface area contributed by atoms with Crippen LogP contribution in [-0.2, 0) is 4.74 Å². The maximum atomic E-state index is 12.9. The maximum absolute atomic E-state index is 12.9. The van der Waals surface area contributed by atoms with Crippen LogP contribution in [-0.4, -0.2) is 57.5 Å². The molecule has 160 valence electrons. The Kier molecular flexibility index (Phi) is 5.97. The van der Waals surface area contributed by atoms with Gasteiger partial charge in [0.05, 0.1) is 14.2 Å². The van der Waals surface area contributed by atoms with Gasteiger partial charge in [-0.2, -0.15) is 0 Å². The number of ether oxygens (including phenoxy) is 3. The van der Waals surface area contributed by atoms with Gasteiger partial charge in [0.25, 0.3) is 0 Å². The van der Waals surface area contributed by atoms with Crippen molar-refractivity contribution >= 4 is 11.5 Å². The van der Waals surface area contributed by atoms with E-state index in [1.54, 1.807) is 14.2 Å². The van der Waals surface area contributed by atoms with Crippen LogP contribution in [0.4, 0.5) is 5.69 Å². The summed E-state index contributed by atoms with van der Waals surface area (Å²) >= 11 is 0. The number of likely N-dealkylation sites (tertiary alicyclic amines) is 1. The van der Waals surface area contributed by atoms with Gasteiger partial charge in [-0.3, -0.25) is 9.69 Å². The largest absolute Gasteiger partial charge is 0.497 e. The lowest BCUT2D eigenvalue weighted by Gasteiger charge is -2.30. The third-order valence-electron chi connectivity index (χ3n) is 6.25. The number of nitrogens with zero attached hydrogens (tertiary/aromatic N) is 2. The number of Topliss-reactive ketones (excluding diaryl/α,β-unsaturated/α-hetero) is 1. The molecule has 0 radical (unpaired) electrons. The molecule has 0 spiro atoms. The van der Waals surface area contributed by atoms with Crippen molar-refractivity contribution in [2.45, 2.75) is 32.2 Å². The summed E-state index contributed by atoms with van der Waals surface area (Å²) in [5, 5.41) is 0. The molecule has 2 fully saturated rings. The Morgan fingerprint density at radius 1 is 1.07 bits per heavy atom. The molecule has 6 heteroatoms. The zero-order valence-corrected chi connectivity index (χ0v) is 18.1. The van der Waals surface area contributed by atoms with Crippen LogP contribution in [0.2, 0.25) is 0 Å². The molecule has 0 saturated carbocycles. The molecule has 30 heavy (non-hydrogen) atoms. The molecule has 2 aliphatic rings. The van der Waals surface area contributed by atoms with Crippen molar-refractivity contribution in [3.8, 4) is 11.5 Å². The lowest BCUT2D eigenvalue weighted by Crippen LogP contribution is -2.40. The first-order valence-corrected chi connectivity index (χ1v) is 10.5. The molecule has 2 atom stereocenters. The molecular weight excluding hydrogens is 380 g/mol. The quantitative estimate of drug-likeness (QED) is 0.512. The number of carbonyl (C=O) groups is 1. The Morgan fingerprint density at radius 2 is 1.77 bits per heavy atom. The molecule has 0 aliphatic carbocycles. The molecule has 0 amide bonds. The number of piperidine rings is 1. The van der Waals surface area contributed by atoms with E-state index < -0.39 is 0 Å². The van der Waals surface area contributed by atoms with Crippen LogP contribution in [0.25, 0.3) is 0 Å². The van der Waals surface area contributed by atoms with Crippen molar-refractivity contribution in [2.24, 2.45) is 5.92 Å². The summed E-state index contributed by atoms with van der Waals surface area (Å²) in [6, 6.07) is 13.7. The van der Waals surface area contributed by atoms with Crippen LogP contribution < -0.4 is 14.4 Å². The third kappa shape index (κ3) is 4.16. The maximum Gasteiger partial charge on any atom is 0.172 e. The van der Waals surface area contributed by atoms with Gasteiger partial charge in [-0.15, -0.1) is 0 Å². The van der Waals surface area contributed by atoms with Gasteiger partial charge in [-0.05, 0) is 67.8 Å². The number of rotatable bonds is 7. The van der Waals surface area contributed by atoms with E-state index >= 15 is 0 Å². The average molecular weight is 411 g/mol. The standard InChI is InChI=1S/C24H30N2O4/c1-16-15-18(5-10-21(16)29-4)22(27)17-11-13-26(14-12-17)24-23(30-24)25(2)19-6-8-20(28-3)9-7-19/h5-10,15,17,23-24H,11-14H2,1-4H3. The average Bonchev–Trinajstić information content (AvgIpc) is 3.59. The molecule has 6 nitrogen and oxygen atoms in total. The van der Waals surface area contributed by atoms with Gasteiger partial charge in [-0.25, -0.2) is 0 Å². The van der Waals surface area contributed by atoms with E-state index in [0.29, 0.717) is 0 Å². The summed E-state index contributed by atoms with van der Waals surface area (Å²) in [6.45, 7) is 3.73. The number of ketones is 1. The highest BCUT2D eigenvalue weighted by atomic mass is 16.6. The second kappa shape index (κ2) is 8.66. The fourth-order valence-electron chi connectivity index (χ4n) is 4.29. The number of aryl methyl sites for hydroxylation is 1. The predicted octanol–water partition coefficient (Wildman–Crippen LogP) is 3.73. The van der Waals surface area contributed by atoms with E-state index in [0.717, 1.165) is 54.2 Å². The Balaban J connectivity index is 1.30. The molecule has 2 aliphatic heterocycles. The second-order valence-corrected chi connectivity index (χ2v) is 8.09. The van der Waals surface area contributed by atoms with Gasteiger partial charge in [0, 0.05) is 37.3 Å². The van der Waals surface area contributed by atoms with Gasteiger partial charge in [-0.1, -0.05) is 0 Å².